The summed E-state index contributed by atoms with van der Waals surface area (Å²) in [6.45, 7) is 0. The Morgan fingerprint density at radius 1 is 1.38 bits per heavy atom. The maximum absolute atomic E-state index is 10.7. The van der Waals surface area contributed by atoms with Crippen molar-refractivity contribution in [3.05, 3.63) is 33.9 Å². The number of hydrogen-bond acceptors (Lipinski definition) is 4. The van der Waals surface area contributed by atoms with Crippen LogP contribution in [0.25, 0.3) is 0 Å². The molecule has 0 saturated heterocycles. The van der Waals surface area contributed by atoms with E-state index in [1.54, 1.807) is 0 Å². The highest BCUT2D eigenvalue weighted by Gasteiger charge is 2.26. The first-order valence-corrected chi connectivity index (χ1v) is 4.93. The molecular weight excluding hydrogens is 278 g/mol. The molecule has 0 saturated carbocycles. The van der Waals surface area contributed by atoms with E-state index in [-0.39, 0.29) is 11.3 Å². The van der Waals surface area contributed by atoms with Gasteiger partial charge >= 0.3 is 0 Å². The molecule has 0 aliphatic heterocycles. The summed E-state index contributed by atoms with van der Waals surface area (Å²) in [6.07, 6.45) is 1.21. The third kappa shape index (κ3) is 2.93. The van der Waals surface area contributed by atoms with Gasteiger partial charge in [-0.25, -0.2) is 4.79 Å². The van der Waals surface area contributed by atoms with Gasteiger partial charge in [0.05, 0.1) is 4.92 Å². The van der Waals surface area contributed by atoms with Gasteiger partial charge in [0.2, 0.25) is 9.87 Å². The van der Waals surface area contributed by atoms with Crippen LogP contribution in [0.15, 0.2) is 23.2 Å². The Morgan fingerprint density at radius 2 is 2.00 bits per heavy atom. The van der Waals surface area contributed by atoms with Gasteiger partial charge in [-0.05, 0) is 6.07 Å². The quantitative estimate of drug-likeness (QED) is 0.274. The topological polar surface area (TPSA) is 72.6 Å². The molecule has 0 bridgehead atoms. The Morgan fingerprint density at radius 3 is 2.44 bits per heavy atom. The van der Waals surface area contributed by atoms with Gasteiger partial charge in [0.1, 0.15) is 0 Å². The molecule has 5 nitrogen and oxygen atoms in total. The van der Waals surface area contributed by atoms with Crippen LogP contribution in [0.1, 0.15) is 5.56 Å². The van der Waals surface area contributed by atoms with Crippen molar-refractivity contribution in [2.75, 3.05) is 0 Å². The second-order valence-corrected chi connectivity index (χ2v) is 4.94. The molecule has 0 fully saturated rings. The van der Waals surface area contributed by atoms with Crippen molar-refractivity contribution in [3.8, 4) is 0 Å². The van der Waals surface area contributed by atoms with Gasteiger partial charge in [-0.15, -0.1) is 0 Å². The summed E-state index contributed by atoms with van der Waals surface area (Å²) < 4.78 is -1.77. The zero-order valence-corrected chi connectivity index (χ0v) is 9.75. The smallest absolute Gasteiger partial charge is 0.258 e. The number of benzene rings is 1. The predicted octanol–water partition coefficient (Wildman–Crippen LogP) is 3.39. The van der Waals surface area contributed by atoms with E-state index >= 15 is 0 Å². The van der Waals surface area contributed by atoms with Crippen LogP contribution >= 0.6 is 34.8 Å². The van der Waals surface area contributed by atoms with Crippen molar-refractivity contribution in [1.29, 1.82) is 0 Å². The summed E-state index contributed by atoms with van der Waals surface area (Å²) in [5.41, 5.74) is -0.445. The number of nitro groups is 1. The molecule has 8 heteroatoms. The fourth-order valence-corrected chi connectivity index (χ4v) is 1.34. The standard InChI is InChI=1S/C8H3Cl3N2O3/c9-8(10,11)5-1-2-6(12-4-14)7(3-5)13(15)16/h1-3H. The Hall–Kier alpha value is -1.13. The van der Waals surface area contributed by atoms with Crippen molar-refractivity contribution >= 4 is 52.3 Å². The van der Waals surface area contributed by atoms with E-state index in [9.17, 15) is 14.9 Å². The Balaban J connectivity index is 3.39. The molecule has 1 aromatic carbocycles. The molecule has 0 N–H and O–H groups in total. The van der Waals surface area contributed by atoms with Crippen LogP contribution in [0.3, 0.4) is 0 Å². The SMILES string of the molecule is O=C=Nc1ccc(C(Cl)(Cl)Cl)cc1[N+](=O)[O-]. The van der Waals surface area contributed by atoms with Gasteiger partial charge < -0.3 is 0 Å². The molecule has 84 valence electrons. The van der Waals surface area contributed by atoms with Crippen LogP contribution in [-0.4, -0.2) is 11.0 Å². The van der Waals surface area contributed by atoms with Gasteiger partial charge in [-0.3, -0.25) is 10.1 Å². The molecule has 0 amide bonds. The number of rotatable bonds is 2. The molecule has 16 heavy (non-hydrogen) atoms. The summed E-state index contributed by atoms with van der Waals surface area (Å²) >= 11 is 16.7. The van der Waals surface area contributed by atoms with Gasteiger partial charge in [-0.1, -0.05) is 40.9 Å². The summed E-state index contributed by atoms with van der Waals surface area (Å²) in [4.78, 5) is 23.1. The second kappa shape index (κ2) is 4.80. The highest BCUT2D eigenvalue weighted by molar-refractivity contribution is 6.66. The number of carbonyl (C=O) groups excluding carboxylic acids is 1. The molecule has 0 spiro atoms. The minimum Gasteiger partial charge on any atom is -0.258 e. The lowest BCUT2D eigenvalue weighted by molar-refractivity contribution is -0.384. The van der Waals surface area contributed by atoms with E-state index in [4.69, 9.17) is 34.8 Å². The zero-order valence-electron chi connectivity index (χ0n) is 7.49. The van der Waals surface area contributed by atoms with Crippen molar-refractivity contribution in [1.82, 2.24) is 0 Å². The van der Waals surface area contributed by atoms with Crippen LogP contribution in [0.2, 0.25) is 0 Å². The maximum Gasteiger partial charge on any atom is 0.296 e. The molecule has 1 rings (SSSR count). The van der Waals surface area contributed by atoms with Crippen molar-refractivity contribution < 1.29 is 9.72 Å². The van der Waals surface area contributed by atoms with Crippen LogP contribution < -0.4 is 0 Å². The van der Waals surface area contributed by atoms with Crippen LogP contribution in [-0.2, 0) is 8.59 Å². The van der Waals surface area contributed by atoms with E-state index < -0.39 is 14.4 Å². The molecule has 0 aromatic heterocycles. The maximum atomic E-state index is 10.7. The fourth-order valence-electron chi connectivity index (χ4n) is 0.990. The van der Waals surface area contributed by atoms with E-state index in [0.717, 1.165) is 6.07 Å². The molecule has 0 aliphatic rings. The molecule has 0 radical (unpaired) electrons. The lowest BCUT2D eigenvalue weighted by Crippen LogP contribution is -2.01. The lowest BCUT2D eigenvalue weighted by atomic mass is 10.2. The van der Waals surface area contributed by atoms with Crippen LogP contribution in [0.5, 0.6) is 0 Å². The number of aliphatic imine (C=N–C) groups is 1. The fraction of sp³-hybridized carbons (Fsp3) is 0.125. The summed E-state index contributed by atoms with van der Waals surface area (Å²) in [6, 6.07) is 3.58. The summed E-state index contributed by atoms with van der Waals surface area (Å²) in [5, 5.41) is 10.7. The van der Waals surface area contributed by atoms with E-state index in [1.165, 1.54) is 18.2 Å². The van der Waals surface area contributed by atoms with E-state index in [0.29, 0.717) is 0 Å². The lowest BCUT2D eigenvalue weighted by Gasteiger charge is -2.10. The first-order valence-electron chi connectivity index (χ1n) is 3.80. The molecule has 1 aromatic rings. The third-order valence-electron chi connectivity index (χ3n) is 1.67. The Bertz CT molecular complexity index is 478. The van der Waals surface area contributed by atoms with Crippen LogP contribution in [0, 0.1) is 10.1 Å². The van der Waals surface area contributed by atoms with Gasteiger partial charge in [0.25, 0.3) is 5.69 Å². The average molecular weight is 281 g/mol. The largest absolute Gasteiger partial charge is 0.296 e. The normalized spacial score (nSPS) is 10.7. The van der Waals surface area contributed by atoms with Gasteiger partial charge in [-0.2, -0.15) is 4.99 Å². The minimum atomic E-state index is -1.77. The van der Waals surface area contributed by atoms with Gasteiger partial charge in [0.15, 0.2) is 5.69 Å². The molecule has 0 unspecified atom stereocenters. The number of halogens is 3. The molecule has 0 aliphatic carbocycles. The second-order valence-electron chi connectivity index (χ2n) is 2.66. The number of hydrogen-bond donors (Lipinski definition) is 0. The zero-order chi connectivity index (χ0) is 12.3. The average Bonchev–Trinajstić information content (AvgIpc) is 2.16. The first kappa shape index (κ1) is 12.9. The Labute approximate surface area is 105 Å². The first-order chi connectivity index (χ1) is 7.36. The van der Waals surface area contributed by atoms with E-state index in [2.05, 4.69) is 4.99 Å². The number of nitro benzene ring substituents is 1. The Kier molecular flexibility index (Phi) is 3.88. The number of isocyanates is 1. The third-order valence-corrected chi connectivity index (χ3v) is 2.32. The molecule has 0 atom stereocenters. The van der Waals surface area contributed by atoms with Crippen molar-refractivity contribution in [3.63, 3.8) is 0 Å². The highest BCUT2D eigenvalue weighted by atomic mass is 35.6. The van der Waals surface area contributed by atoms with Gasteiger partial charge in [0, 0.05) is 11.6 Å². The number of nitrogens with zero attached hydrogens (tertiary/aromatic N) is 2. The monoisotopic (exact) mass is 280 g/mol. The highest BCUT2D eigenvalue weighted by Crippen LogP contribution is 2.41. The van der Waals surface area contributed by atoms with E-state index in [1.807, 2.05) is 0 Å². The van der Waals surface area contributed by atoms with Crippen LogP contribution in [0.4, 0.5) is 11.4 Å². The number of alkyl halides is 3. The molecule has 0 heterocycles. The minimum absolute atomic E-state index is 0.119. The summed E-state index contributed by atoms with van der Waals surface area (Å²) in [5.74, 6) is 0. The predicted molar refractivity (Wildman–Crippen MR) is 60.1 cm³/mol. The summed E-state index contributed by atoms with van der Waals surface area (Å²) in [7, 11) is 0. The van der Waals surface area contributed by atoms with Crippen molar-refractivity contribution in [2.24, 2.45) is 4.99 Å². The molecular formula is C8H3Cl3N2O3. The van der Waals surface area contributed by atoms with Crippen molar-refractivity contribution in [2.45, 2.75) is 3.79 Å².